The minimum Gasteiger partial charge on any atom is -0.241 e. The molecule has 20 heavy (non-hydrogen) atoms. The van der Waals surface area contributed by atoms with Crippen LogP contribution in [-0.2, 0) is 6.42 Å². The van der Waals surface area contributed by atoms with Gasteiger partial charge in [-0.25, -0.2) is 4.68 Å². The molecule has 0 atom stereocenters. The lowest BCUT2D eigenvalue weighted by atomic mass is 10.1. The van der Waals surface area contributed by atoms with Gasteiger partial charge in [-0.15, -0.1) is 0 Å². The highest BCUT2D eigenvalue weighted by Gasteiger charge is 2.01. The molecule has 0 aliphatic rings. The maximum absolute atomic E-state index is 4.35. The summed E-state index contributed by atoms with van der Waals surface area (Å²) >= 11 is 0. The van der Waals surface area contributed by atoms with Crippen LogP contribution in [0.1, 0.15) is 5.56 Å². The number of allylic oxidation sites excluding steroid dienone is 1. The predicted molar refractivity (Wildman–Crippen MR) is 83.1 cm³/mol. The number of rotatable bonds is 4. The number of benzene rings is 2. The second kappa shape index (κ2) is 6.02. The normalized spacial score (nSPS) is 11.0. The third-order valence-corrected chi connectivity index (χ3v) is 3.18. The van der Waals surface area contributed by atoms with Gasteiger partial charge in [-0.2, -0.15) is 5.10 Å². The lowest BCUT2D eigenvalue weighted by molar-refractivity contribution is 0.938. The van der Waals surface area contributed by atoms with Crippen molar-refractivity contribution in [2.75, 3.05) is 0 Å². The van der Waals surface area contributed by atoms with Crippen molar-refractivity contribution in [3.63, 3.8) is 0 Å². The Balaban J connectivity index is 1.77. The van der Waals surface area contributed by atoms with E-state index in [2.05, 4.69) is 47.6 Å². The third kappa shape index (κ3) is 2.86. The van der Waals surface area contributed by atoms with Crippen LogP contribution in [0.5, 0.6) is 0 Å². The van der Waals surface area contributed by atoms with Crippen LogP contribution in [-0.4, -0.2) is 9.78 Å². The minimum atomic E-state index is 0.912. The summed E-state index contributed by atoms with van der Waals surface area (Å²) in [4.78, 5) is 0. The summed E-state index contributed by atoms with van der Waals surface area (Å²) in [5.74, 6) is 0. The average molecular weight is 260 g/mol. The summed E-state index contributed by atoms with van der Waals surface area (Å²) in [6.45, 7) is 0. The first-order valence-corrected chi connectivity index (χ1v) is 6.73. The van der Waals surface area contributed by atoms with Crippen molar-refractivity contribution in [1.82, 2.24) is 9.78 Å². The zero-order valence-electron chi connectivity index (χ0n) is 11.2. The Hall–Kier alpha value is -2.61. The molecule has 0 N–H and O–H groups in total. The van der Waals surface area contributed by atoms with E-state index in [1.54, 1.807) is 0 Å². The van der Waals surface area contributed by atoms with Gasteiger partial charge >= 0.3 is 0 Å². The van der Waals surface area contributed by atoms with Gasteiger partial charge in [0.15, 0.2) is 0 Å². The van der Waals surface area contributed by atoms with E-state index in [0.29, 0.717) is 0 Å². The highest BCUT2D eigenvalue weighted by Crippen LogP contribution is 2.18. The molecule has 0 amide bonds. The highest BCUT2D eigenvalue weighted by atomic mass is 15.3. The van der Waals surface area contributed by atoms with Gasteiger partial charge in [0.1, 0.15) is 0 Å². The van der Waals surface area contributed by atoms with Gasteiger partial charge in [-0.05, 0) is 18.1 Å². The van der Waals surface area contributed by atoms with Crippen LogP contribution in [0.25, 0.3) is 17.5 Å². The lowest BCUT2D eigenvalue weighted by Crippen LogP contribution is -1.92. The Labute approximate surface area is 119 Å². The van der Waals surface area contributed by atoms with Crippen molar-refractivity contribution < 1.29 is 0 Å². The molecule has 0 fully saturated rings. The van der Waals surface area contributed by atoms with E-state index in [0.717, 1.165) is 12.1 Å². The van der Waals surface area contributed by atoms with Crippen LogP contribution >= 0.6 is 0 Å². The smallest absolute Gasteiger partial charge is 0.0733 e. The Bertz CT molecular complexity index is 682. The van der Waals surface area contributed by atoms with E-state index < -0.39 is 0 Å². The molecule has 0 bridgehead atoms. The van der Waals surface area contributed by atoms with Gasteiger partial charge in [-0.1, -0.05) is 66.7 Å². The second-order valence-corrected chi connectivity index (χ2v) is 4.60. The van der Waals surface area contributed by atoms with E-state index in [1.165, 1.54) is 11.1 Å². The molecule has 98 valence electrons. The van der Waals surface area contributed by atoms with Crippen LogP contribution in [0.2, 0.25) is 0 Å². The summed E-state index contributed by atoms with van der Waals surface area (Å²) in [6.07, 6.45) is 6.90. The zero-order valence-corrected chi connectivity index (χ0v) is 11.2. The predicted octanol–water partition coefficient (Wildman–Crippen LogP) is 4.26. The van der Waals surface area contributed by atoms with Crippen LogP contribution in [0.3, 0.4) is 0 Å². The van der Waals surface area contributed by atoms with Gasteiger partial charge in [-0.3, -0.25) is 0 Å². The summed E-state index contributed by atoms with van der Waals surface area (Å²) in [6, 6.07) is 22.7. The fraction of sp³-hybridized carbons (Fsp3) is 0.0556. The van der Waals surface area contributed by atoms with Crippen LogP contribution < -0.4 is 0 Å². The molecule has 2 nitrogen and oxygen atoms in total. The van der Waals surface area contributed by atoms with Crippen molar-refractivity contribution in [3.8, 4) is 11.3 Å². The van der Waals surface area contributed by atoms with Gasteiger partial charge in [0.25, 0.3) is 0 Å². The third-order valence-electron chi connectivity index (χ3n) is 3.18. The van der Waals surface area contributed by atoms with Gasteiger partial charge in [0, 0.05) is 18.0 Å². The van der Waals surface area contributed by atoms with E-state index in [9.17, 15) is 0 Å². The molecular formula is C18H16N2. The summed E-state index contributed by atoms with van der Waals surface area (Å²) in [5, 5.41) is 4.35. The largest absolute Gasteiger partial charge is 0.241 e. The molecule has 2 heteroatoms. The van der Waals surface area contributed by atoms with Gasteiger partial charge in [0.2, 0.25) is 0 Å². The molecular weight excluding hydrogens is 244 g/mol. The van der Waals surface area contributed by atoms with E-state index in [1.807, 2.05) is 47.4 Å². The van der Waals surface area contributed by atoms with Crippen molar-refractivity contribution in [2.45, 2.75) is 6.42 Å². The molecule has 0 aliphatic carbocycles. The Morgan fingerprint density at radius 3 is 2.30 bits per heavy atom. The lowest BCUT2D eigenvalue weighted by Gasteiger charge is -2.02. The molecule has 2 aromatic carbocycles. The molecule has 3 rings (SSSR count). The van der Waals surface area contributed by atoms with Crippen molar-refractivity contribution in [2.24, 2.45) is 0 Å². The van der Waals surface area contributed by atoms with Crippen molar-refractivity contribution >= 4 is 6.20 Å². The SMILES string of the molecule is C(=C\n1nccc1-c1ccccc1)/Cc1ccccc1. The fourth-order valence-corrected chi connectivity index (χ4v) is 2.17. The number of aromatic nitrogens is 2. The first-order chi connectivity index (χ1) is 9.93. The Kier molecular flexibility index (Phi) is 3.74. The molecule has 0 spiro atoms. The maximum atomic E-state index is 4.35. The van der Waals surface area contributed by atoms with Gasteiger partial charge < -0.3 is 0 Å². The first-order valence-electron chi connectivity index (χ1n) is 6.73. The summed E-state index contributed by atoms with van der Waals surface area (Å²) in [7, 11) is 0. The highest BCUT2D eigenvalue weighted by molar-refractivity contribution is 5.61. The van der Waals surface area contributed by atoms with Crippen molar-refractivity contribution in [3.05, 3.63) is 84.6 Å². The standard InChI is InChI=1S/C18H16N2/c1-3-8-16(9-4-1)10-7-15-20-18(13-14-19-20)17-11-5-2-6-12-17/h1-9,11-15H,10H2/b15-7+. The number of hydrogen-bond donors (Lipinski definition) is 0. The monoisotopic (exact) mass is 260 g/mol. The Morgan fingerprint density at radius 1 is 0.850 bits per heavy atom. The maximum Gasteiger partial charge on any atom is 0.0733 e. The van der Waals surface area contributed by atoms with Crippen LogP contribution in [0, 0.1) is 0 Å². The molecule has 0 saturated carbocycles. The minimum absolute atomic E-state index is 0.912. The second-order valence-electron chi connectivity index (χ2n) is 4.60. The molecule has 0 aliphatic heterocycles. The molecule has 0 saturated heterocycles. The summed E-state index contributed by atoms with van der Waals surface area (Å²) in [5.41, 5.74) is 3.58. The quantitative estimate of drug-likeness (QED) is 0.685. The molecule has 1 aromatic heterocycles. The number of nitrogens with zero attached hydrogens (tertiary/aromatic N) is 2. The molecule has 1 heterocycles. The zero-order chi connectivity index (χ0) is 13.6. The number of hydrogen-bond acceptors (Lipinski definition) is 1. The molecule has 0 radical (unpaired) electrons. The first kappa shape index (κ1) is 12.4. The van der Waals surface area contributed by atoms with Crippen molar-refractivity contribution in [1.29, 1.82) is 0 Å². The van der Waals surface area contributed by atoms with E-state index in [4.69, 9.17) is 0 Å². The van der Waals surface area contributed by atoms with Crippen LogP contribution in [0.15, 0.2) is 79.0 Å². The topological polar surface area (TPSA) is 17.8 Å². The van der Waals surface area contributed by atoms with Gasteiger partial charge in [0.05, 0.1) is 5.69 Å². The van der Waals surface area contributed by atoms with E-state index in [-0.39, 0.29) is 0 Å². The fourth-order valence-electron chi connectivity index (χ4n) is 2.17. The van der Waals surface area contributed by atoms with Crippen LogP contribution in [0.4, 0.5) is 0 Å². The Morgan fingerprint density at radius 2 is 1.55 bits per heavy atom. The van der Waals surface area contributed by atoms with E-state index >= 15 is 0 Å². The molecule has 0 unspecified atom stereocenters. The average Bonchev–Trinajstić information content (AvgIpc) is 2.98. The summed E-state index contributed by atoms with van der Waals surface area (Å²) < 4.78 is 1.91. The molecule has 3 aromatic rings.